The van der Waals surface area contributed by atoms with E-state index < -0.39 is 11.7 Å². The first-order chi connectivity index (χ1) is 15.9. The van der Waals surface area contributed by atoms with Crippen molar-refractivity contribution in [2.45, 2.75) is 43.8 Å². The molecule has 9 heteroatoms. The third kappa shape index (κ3) is 4.46. The van der Waals surface area contributed by atoms with Gasteiger partial charge in [0, 0.05) is 32.4 Å². The molecule has 0 radical (unpaired) electrons. The lowest BCUT2D eigenvalue weighted by Crippen LogP contribution is -2.46. The summed E-state index contributed by atoms with van der Waals surface area (Å²) in [5.41, 5.74) is 0.343. The van der Waals surface area contributed by atoms with Crippen molar-refractivity contribution in [2.75, 3.05) is 31.1 Å². The van der Waals surface area contributed by atoms with Crippen molar-refractivity contribution < 1.29 is 17.7 Å². The molecule has 1 aliphatic carbocycles. The molecule has 3 aromatic rings. The van der Waals surface area contributed by atoms with E-state index in [9.17, 15) is 13.2 Å². The van der Waals surface area contributed by atoms with Gasteiger partial charge in [0.1, 0.15) is 5.82 Å². The van der Waals surface area contributed by atoms with Crippen molar-refractivity contribution >= 4 is 5.82 Å². The molecule has 2 aliphatic rings. The summed E-state index contributed by atoms with van der Waals surface area (Å²) in [6.07, 6.45) is 0.874. The Bertz CT molecular complexity index is 1050. The first kappa shape index (κ1) is 21.9. The Balaban J connectivity index is 1.22. The van der Waals surface area contributed by atoms with E-state index in [1.54, 1.807) is 0 Å². The summed E-state index contributed by atoms with van der Waals surface area (Å²) in [6, 6.07) is 13.0. The summed E-state index contributed by atoms with van der Waals surface area (Å²) in [5.74, 6) is 1.94. The normalized spacial score (nSPS) is 19.2. The molecule has 0 spiro atoms. The van der Waals surface area contributed by atoms with Crippen molar-refractivity contribution in [2.24, 2.45) is 0 Å². The van der Waals surface area contributed by atoms with Crippen LogP contribution in [-0.2, 0) is 18.1 Å². The second-order valence-electron chi connectivity index (χ2n) is 8.83. The van der Waals surface area contributed by atoms with Crippen LogP contribution in [0.4, 0.5) is 19.0 Å². The third-order valence-electron chi connectivity index (χ3n) is 6.81. The Labute approximate surface area is 190 Å². The van der Waals surface area contributed by atoms with E-state index in [0.717, 1.165) is 56.9 Å². The molecule has 3 heterocycles. The number of nitrogens with zero attached hydrogens (tertiary/aromatic N) is 5. The topological polar surface area (TPSA) is 58.3 Å². The Kier molecular flexibility index (Phi) is 5.82. The van der Waals surface area contributed by atoms with Crippen molar-refractivity contribution in [3.8, 4) is 0 Å². The van der Waals surface area contributed by atoms with E-state index in [2.05, 4.69) is 39.3 Å². The molecular formula is C24H26F3N5O. The van der Waals surface area contributed by atoms with Crippen LogP contribution in [0.15, 0.2) is 53.2 Å². The zero-order valence-electron chi connectivity index (χ0n) is 18.3. The van der Waals surface area contributed by atoms with Gasteiger partial charge in [-0.3, -0.25) is 4.90 Å². The molecule has 1 saturated carbocycles. The molecule has 33 heavy (non-hydrogen) atoms. The summed E-state index contributed by atoms with van der Waals surface area (Å²) in [5, 5.41) is 4.38. The molecule has 0 amide bonds. The van der Waals surface area contributed by atoms with Gasteiger partial charge in [0.25, 0.3) is 0 Å². The van der Waals surface area contributed by atoms with Crippen LogP contribution in [-0.4, -0.2) is 46.2 Å². The van der Waals surface area contributed by atoms with Gasteiger partial charge in [-0.25, -0.2) is 4.98 Å². The van der Waals surface area contributed by atoms with Gasteiger partial charge in [-0.05, 0) is 30.5 Å². The molecule has 6 nitrogen and oxygen atoms in total. The van der Waals surface area contributed by atoms with E-state index in [0.29, 0.717) is 31.3 Å². The largest absolute Gasteiger partial charge is 0.417 e. The second-order valence-corrected chi connectivity index (χ2v) is 8.83. The summed E-state index contributed by atoms with van der Waals surface area (Å²) in [4.78, 5) is 13.0. The molecule has 1 saturated heterocycles. The van der Waals surface area contributed by atoms with Crippen LogP contribution in [0.25, 0.3) is 0 Å². The summed E-state index contributed by atoms with van der Waals surface area (Å²) < 4.78 is 43.9. The number of aromatic nitrogens is 3. The lowest BCUT2D eigenvalue weighted by molar-refractivity contribution is -0.137. The van der Waals surface area contributed by atoms with Crippen LogP contribution < -0.4 is 4.90 Å². The van der Waals surface area contributed by atoms with E-state index >= 15 is 0 Å². The molecule has 0 bridgehead atoms. The molecule has 2 aromatic heterocycles. The molecular weight excluding hydrogens is 431 g/mol. The number of anilines is 1. The van der Waals surface area contributed by atoms with E-state index in [1.807, 2.05) is 11.0 Å². The maximum absolute atomic E-state index is 12.8. The number of hydrogen-bond donors (Lipinski definition) is 0. The summed E-state index contributed by atoms with van der Waals surface area (Å²) in [7, 11) is 0. The lowest BCUT2D eigenvalue weighted by Gasteiger charge is -2.34. The van der Waals surface area contributed by atoms with Crippen LogP contribution in [0.2, 0.25) is 0 Å². The van der Waals surface area contributed by atoms with Crippen molar-refractivity contribution in [1.29, 1.82) is 0 Å². The summed E-state index contributed by atoms with van der Waals surface area (Å²) >= 11 is 0. The number of pyridine rings is 1. The predicted molar refractivity (Wildman–Crippen MR) is 117 cm³/mol. The maximum atomic E-state index is 12.8. The monoisotopic (exact) mass is 457 g/mol. The van der Waals surface area contributed by atoms with Gasteiger partial charge in [-0.1, -0.05) is 48.3 Å². The van der Waals surface area contributed by atoms with Crippen LogP contribution in [0, 0.1) is 0 Å². The standard InChI is InChI=1S/C24H26F3N5O/c25-24(26,27)19-8-9-20(28-16-19)32-14-12-31(13-15-32)17-21-29-22(30-33-21)23(10-4-5-11-23)18-6-2-1-3-7-18/h1-3,6-9,16H,4-5,10-15,17H2. The summed E-state index contributed by atoms with van der Waals surface area (Å²) in [6.45, 7) is 3.39. The highest BCUT2D eigenvalue weighted by Gasteiger charge is 2.41. The molecule has 1 aromatic carbocycles. The minimum atomic E-state index is -4.37. The number of halogens is 3. The quantitative estimate of drug-likeness (QED) is 0.555. The Morgan fingerprint density at radius 3 is 2.30 bits per heavy atom. The molecule has 1 aliphatic heterocycles. The van der Waals surface area contributed by atoms with Crippen LogP contribution >= 0.6 is 0 Å². The van der Waals surface area contributed by atoms with Gasteiger partial charge in [-0.2, -0.15) is 18.2 Å². The van der Waals surface area contributed by atoms with E-state index in [-0.39, 0.29) is 5.41 Å². The fourth-order valence-corrected chi connectivity index (χ4v) is 4.96. The minimum Gasteiger partial charge on any atom is -0.354 e. The van der Waals surface area contributed by atoms with Crippen molar-refractivity contribution in [1.82, 2.24) is 20.0 Å². The number of hydrogen-bond acceptors (Lipinski definition) is 6. The number of benzene rings is 1. The zero-order valence-corrected chi connectivity index (χ0v) is 18.3. The minimum absolute atomic E-state index is 0.171. The molecule has 0 atom stereocenters. The number of rotatable bonds is 5. The van der Waals surface area contributed by atoms with E-state index in [4.69, 9.17) is 9.51 Å². The van der Waals surface area contributed by atoms with Gasteiger partial charge in [0.2, 0.25) is 5.89 Å². The van der Waals surface area contributed by atoms with Gasteiger partial charge >= 0.3 is 6.18 Å². The van der Waals surface area contributed by atoms with Gasteiger partial charge in [0.15, 0.2) is 5.82 Å². The first-order valence-electron chi connectivity index (χ1n) is 11.3. The Morgan fingerprint density at radius 2 is 1.67 bits per heavy atom. The maximum Gasteiger partial charge on any atom is 0.417 e. The average molecular weight is 458 g/mol. The molecule has 0 unspecified atom stereocenters. The van der Waals surface area contributed by atoms with Crippen molar-refractivity contribution in [3.05, 3.63) is 71.5 Å². The highest BCUT2D eigenvalue weighted by molar-refractivity contribution is 5.40. The average Bonchev–Trinajstić information content (AvgIpc) is 3.51. The first-order valence-corrected chi connectivity index (χ1v) is 11.3. The van der Waals surface area contributed by atoms with E-state index in [1.165, 1.54) is 11.6 Å². The number of piperazine rings is 1. The van der Waals surface area contributed by atoms with Gasteiger partial charge in [0.05, 0.1) is 17.5 Å². The highest BCUT2D eigenvalue weighted by atomic mass is 19.4. The van der Waals surface area contributed by atoms with Gasteiger partial charge < -0.3 is 9.42 Å². The Hall–Kier alpha value is -2.94. The molecule has 174 valence electrons. The van der Waals surface area contributed by atoms with Crippen LogP contribution in [0.1, 0.15) is 48.5 Å². The van der Waals surface area contributed by atoms with Crippen LogP contribution in [0.5, 0.6) is 0 Å². The van der Waals surface area contributed by atoms with Gasteiger partial charge in [-0.15, -0.1) is 0 Å². The lowest BCUT2D eigenvalue weighted by atomic mass is 9.78. The molecule has 5 rings (SSSR count). The fourth-order valence-electron chi connectivity index (χ4n) is 4.96. The number of alkyl halides is 3. The fraction of sp³-hybridized carbons (Fsp3) is 0.458. The van der Waals surface area contributed by atoms with Crippen molar-refractivity contribution in [3.63, 3.8) is 0 Å². The second kappa shape index (κ2) is 8.78. The molecule has 2 fully saturated rings. The van der Waals surface area contributed by atoms with Crippen LogP contribution in [0.3, 0.4) is 0 Å². The molecule has 0 N–H and O–H groups in total. The highest BCUT2D eigenvalue weighted by Crippen LogP contribution is 2.45. The zero-order chi connectivity index (χ0) is 22.9. The Morgan fingerprint density at radius 1 is 0.939 bits per heavy atom. The smallest absolute Gasteiger partial charge is 0.354 e. The third-order valence-corrected chi connectivity index (χ3v) is 6.81. The SMILES string of the molecule is FC(F)(F)c1ccc(N2CCN(Cc3nc(C4(c5ccccc5)CCCC4)no3)CC2)nc1. The predicted octanol–water partition coefficient (Wildman–Crippen LogP) is 4.67.